The Labute approximate surface area is 133 Å². The Morgan fingerprint density at radius 1 is 1.09 bits per heavy atom. The van der Waals surface area contributed by atoms with Crippen LogP contribution in [0.2, 0.25) is 0 Å². The summed E-state index contributed by atoms with van der Waals surface area (Å²) >= 11 is 0. The van der Waals surface area contributed by atoms with E-state index in [4.69, 9.17) is 0 Å². The number of rotatable bonds is 10. The third kappa shape index (κ3) is 6.85. The van der Waals surface area contributed by atoms with Gasteiger partial charge in [-0.3, -0.25) is 9.59 Å². The van der Waals surface area contributed by atoms with Crippen molar-refractivity contribution in [3.05, 3.63) is 35.4 Å². The van der Waals surface area contributed by atoms with E-state index in [0.29, 0.717) is 13.0 Å². The lowest BCUT2D eigenvalue weighted by molar-refractivity contribution is -0.121. The molecule has 1 aromatic rings. The van der Waals surface area contributed by atoms with Crippen LogP contribution in [0.3, 0.4) is 0 Å². The maximum Gasteiger partial charge on any atom is 0.224 e. The number of ketones is 1. The quantitative estimate of drug-likeness (QED) is 0.652. The molecule has 0 heterocycles. The van der Waals surface area contributed by atoms with Crippen LogP contribution in [-0.2, 0) is 22.4 Å². The highest BCUT2D eigenvalue weighted by Gasteiger charge is 2.10. The Balaban J connectivity index is 2.19. The molecule has 0 aliphatic heterocycles. The molecule has 0 radical (unpaired) electrons. The minimum Gasteiger partial charge on any atom is -0.356 e. The van der Waals surface area contributed by atoms with Crippen molar-refractivity contribution in [3.63, 3.8) is 0 Å². The first-order chi connectivity index (χ1) is 10.6. The fraction of sp³-hybridized carbons (Fsp3) is 0.556. The van der Waals surface area contributed by atoms with E-state index >= 15 is 0 Å². The van der Waals surface area contributed by atoms with E-state index in [9.17, 15) is 9.59 Å². The zero-order chi connectivity index (χ0) is 16.4. The molecule has 0 spiro atoms. The van der Waals surface area contributed by atoms with Gasteiger partial charge in [0.25, 0.3) is 0 Å². The molecule has 0 saturated heterocycles. The zero-order valence-corrected chi connectivity index (χ0v) is 13.9. The molecule has 2 N–H and O–H groups in total. The van der Waals surface area contributed by atoms with Gasteiger partial charge >= 0.3 is 0 Å². The van der Waals surface area contributed by atoms with E-state index < -0.39 is 0 Å². The number of aryl methyl sites for hydroxylation is 1. The molecule has 4 heteroatoms. The van der Waals surface area contributed by atoms with Gasteiger partial charge in [0.05, 0.1) is 12.5 Å². The molecule has 4 nitrogen and oxygen atoms in total. The van der Waals surface area contributed by atoms with Crippen molar-refractivity contribution in [1.29, 1.82) is 0 Å². The summed E-state index contributed by atoms with van der Waals surface area (Å²) in [4.78, 5) is 23.1. The van der Waals surface area contributed by atoms with E-state index in [1.54, 1.807) is 14.0 Å². The second-order valence-electron chi connectivity index (χ2n) is 5.64. The number of nitrogens with one attached hydrogen (secondary N) is 2. The summed E-state index contributed by atoms with van der Waals surface area (Å²) in [6.45, 7) is 4.39. The fourth-order valence-electron chi connectivity index (χ4n) is 2.39. The van der Waals surface area contributed by atoms with Crippen molar-refractivity contribution in [3.8, 4) is 0 Å². The maximum atomic E-state index is 11.9. The number of amides is 1. The van der Waals surface area contributed by atoms with Crippen LogP contribution >= 0.6 is 0 Å². The summed E-state index contributed by atoms with van der Waals surface area (Å²) in [5.41, 5.74) is 2.33. The highest BCUT2D eigenvalue weighted by molar-refractivity contribution is 5.81. The Hall–Kier alpha value is -1.68. The summed E-state index contributed by atoms with van der Waals surface area (Å²) in [5.74, 6) is 0.225. The monoisotopic (exact) mass is 304 g/mol. The Morgan fingerprint density at radius 2 is 1.73 bits per heavy atom. The number of Topliss-reactive ketones (excluding diaryl/α,β-unsaturated/α-hetero) is 1. The first-order valence-corrected chi connectivity index (χ1v) is 8.09. The molecular formula is C18H28N2O2. The summed E-state index contributed by atoms with van der Waals surface area (Å²) in [6, 6.07) is 8.11. The van der Waals surface area contributed by atoms with E-state index in [1.807, 2.05) is 12.1 Å². The lowest BCUT2D eigenvalue weighted by Gasteiger charge is -2.12. The van der Waals surface area contributed by atoms with Gasteiger partial charge in [0, 0.05) is 6.54 Å². The smallest absolute Gasteiger partial charge is 0.224 e. The standard InChI is InChI=1S/C18H28N2O2/c1-4-15-8-10-16(11-9-15)13-18(22)20-12-6-5-7-17(19-3)14(2)21/h8-11,17,19H,4-7,12-13H2,1-3H3,(H,20,22). The largest absolute Gasteiger partial charge is 0.356 e. The van der Waals surface area contributed by atoms with Gasteiger partial charge in [-0.15, -0.1) is 0 Å². The van der Waals surface area contributed by atoms with E-state index in [1.165, 1.54) is 5.56 Å². The SMILES string of the molecule is CCc1ccc(CC(=O)NCCCCC(NC)C(C)=O)cc1. The molecular weight excluding hydrogens is 276 g/mol. The molecule has 0 fully saturated rings. The highest BCUT2D eigenvalue weighted by Crippen LogP contribution is 2.06. The molecule has 1 atom stereocenters. The van der Waals surface area contributed by atoms with Crippen molar-refractivity contribution in [2.24, 2.45) is 0 Å². The average Bonchev–Trinajstić information content (AvgIpc) is 2.51. The number of carbonyl (C=O) groups excluding carboxylic acids is 2. The molecule has 1 rings (SSSR count). The van der Waals surface area contributed by atoms with Crippen LogP contribution in [0.1, 0.15) is 44.2 Å². The van der Waals surface area contributed by atoms with Crippen LogP contribution in [0.25, 0.3) is 0 Å². The van der Waals surface area contributed by atoms with Gasteiger partial charge in [-0.2, -0.15) is 0 Å². The minimum absolute atomic E-state index is 0.0565. The predicted molar refractivity (Wildman–Crippen MR) is 89.9 cm³/mol. The zero-order valence-electron chi connectivity index (χ0n) is 13.9. The lowest BCUT2D eigenvalue weighted by atomic mass is 10.1. The number of carbonyl (C=O) groups is 2. The van der Waals surface area contributed by atoms with Crippen molar-refractivity contribution in [2.45, 2.75) is 52.0 Å². The average molecular weight is 304 g/mol. The molecule has 0 bridgehead atoms. The first-order valence-electron chi connectivity index (χ1n) is 8.09. The van der Waals surface area contributed by atoms with Gasteiger partial charge in [0.2, 0.25) is 5.91 Å². The number of hydrogen-bond acceptors (Lipinski definition) is 3. The van der Waals surface area contributed by atoms with Crippen LogP contribution in [0.4, 0.5) is 0 Å². The molecule has 0 saturated carbocycles. The fourth-order valence-corrected chi connectivity index (χ4v) is 2.39. The minimum atomic E-state index is -0.0622. The van der Waals surface area contributed by atoms with Crippen molar-refractivity contribution < 1.29 is 9.59 Å². The second-order valence-corrected chi connectivity index (χ2v) is 5.64. The maximum absolute atomic E-state index is 11.9. The van der Waals surface area contributed by atoms with Crippen LogP contribution < -0.4 is 10.6 Å². The number of benzene rings is 1. The third-order valence-electron chi connectivity index (χ3n) is 3.88. The molecule has 22 heavy (non-hydrogen) atoms. The summed E-state index contributed by atoms with van der Waals surface area (Å²) in [7, 11) is 1.80. The van der Waals surface area contributed by atoms with E-state index in [2.05, 4.69) is 29.7 Å². The van der Waals surface area contributed by atoms with Crippen LogP contribution in [0, 0.1) is 0 Å². The van der Waals surface area contributed by atoms with Crippen molar-refractivity contribution in [2.75, 3.05) is 13.6 Å². The molecule has 0 aliphatic rings. The van der Waals surface area contributed by atoms with Gasteiger partial charge in [-0.05, 0) is 50.8 Å². The lowest BCUT2D eigenvalue weighted by Crippen LogP contribution is -2.32. The number of hydrogen-bond donors (Lipinski definition) is 2. The first kappa shape index (κ1) is 18.4. The normalized spacial score (nSPS) is 12.0. The Morgan fingerprint density at radius 3 is 2.27 bits per heavy atom. The van der Waals surface area contributed by atoms with Crippen LogP contribution in [0.15, 0.2) is 24.3 Å². The summed E-state index contributed by atoms with van der Waals surface area (Å²) in [6.07, 6.45) is 4.08. The highest BCUT2D eigenvalue weighted by atomic mass is 16.1. The van der Waals surface area contributed by atoms with Gasteiger partial charge in [-0.25, -0.2) is 0 Å². The molecule has 122 valence electrons. The third-order valence-corrected chi connectivity index (χ3v) is 3.88. The number of likely N-dealkylation sites (N-methyl/N-ethyl adjacent to an activating group) is 1. The van der Waals surface area contributed by atoms with Gasteiger partial charge in [0.15, 0.2) is 0 Å². The molecule has 0 aromatic heterocycles. The molecule has 1 aromatic carbocycles. The van der Waals surface area contributed by atoms with Gasteiger partial charge in [0.1, 0.15) is 5.78 Å². The van der Waals surface area contributed by atoms with Gasteiger partial charge < -0.3 is 10.6 Å². The van der Waals surface area contributed by atoms with Crippen LogP contribution in [0.5, 0.6) is 0 Å². The Bertz CT molecular complexity index is 468. The molecule has 0 aliphatic carbocycles. The van der Waals surface area contributed by atoms with Crippen molar-refractivity contribution >= 4 is 11.7 Å². The van der Waals surface area contributed by atoms with E-state index in [-0.39, 0.29) is 17.7 Å². The van der Waals surface area contributed by atoms with Crippen LogP contribution in [-0.4, -0.2) is 31.3 Å². The van der Waals surface area contributed by atoms with E-state index in [0.717, 1.165) is 31.2 Å². The Kier molecular flexibility index (Phi) is 8.44. The van der Waals surface area contributed by atoms with Gasteiger partial charge in [-0.1, -0.05) is 31.2 Å². The number of unbranched alkanes of at least 4 members (excludes halogenated alkanes) is 1. The van der Waals surface area contributed by atoms with Crippen molar-refractivity contribution in [1.82, 2.24) is 10.6 Å². The topological polar surface area (TPSA) is 58.2 Å². The molecule has 1 amide bonds. The summed E-state index contributed by atoms with van der Waals surface area (Å²) < 4.78 is 0. The summed E-state index contributed by atoms with van der Waals surface area (Å²) in [5, 5.41) is 5.94. The predicted octanol–water partition coefficient (Wildman–Crippen LogP) is 2.25. The molecule has 1 unspecified atom stereocenters. The second kappa shape index (κ2) is 10.1.